The maximum atomic E-state index is 11.1. The number of pyridine rings is 1. The van der Waals surface area contributed by atoms with Crippen LogP contribution in [-0.4, -0.2) is 25.2 Å². The van der Waals surface area contributed by atoms with Gasteiger partial charge in [0.2, 0.25) is 5.88 Å². The number of esters is 1. The van der Waals surface area contributed by atoms with E-state index in [1.165, 1.54) is 26.5 Å². The van der Waals surface area contributed by atoms with Gasteiger partial charge in [0.1, 0.15) is 11.6 Å². The lowest BCUT2D eigenvalue weighted by Gasteiger charge is -2.00. The van der Waals surface area contributed by atoms with E-state index < -0.39 is 5.97 Å². The number of rotatable bonds is 3. The van der Waals surface area contributed by atoms with Crippen LogP contribution in [0.1, 0.15) is 5.56 Å². The normalized spacial score (nSPS) is 10.4. The first kappa shape index (κ1) is 11.7. The van der Waals surface area contributed by atoms with E-state index in [4.69, 9.17) is 10.00 Å². The van der Waals surface area contributed by atoms with Crippen molar-refractivity contribution in [3.63, 3.8) is 0 Å². The Morgan fingerprint density at radius 3 is 2.88 bits per heavy atom. The van der Waals surface area contributed by atoms with Crippen molar-refractivity contribution in [3.05, 3.63) is 29.5 Å². The van der Waals surface area contributed by atoms with E-state index in [1.807, 2.05) is 0 Å². The zero-order valence-electron chi connectivity index (χ0n) is 8.93. The second-order valence-corrected chi connectivity index (χ2v) is 2.79. The molecule has 0 bridgehead atoms. The van der Waals surface area contributed by atoms with Gasteiger partial charge in [0, 0.05) is 12.3 Å². The number of nitriles is 1. The van der Waals surface area contributed by atoms with Crippen LogP contribution in [0.4, 0.5) is 0 Å². The molecule has 1 heterocycles. The molecule has 82 valence electrons. The lowest BCUT2D eigenvalue weighted by molar-refractivity contribution is -0.135. The van der Waals surface area contributed by atoms with Crippen LogP contribution < -0.4 is 4.74 Å². The van der Waals surface area contributed by atoms with E-state index >= 15 is 0 Å². The van der Waals surface area contributed by atoms with E-state index in [-0.39, 0.29) is 5.57 Å². The fraction of sp³-hybridized carbons (Fsp3) is 0.182. The second-order valence-electron chi connectivity index (χ2n) is 2.79. The summed E-state index contributed by atoms with van der Waals surface area (Å²) in [4.78, 5) is 15.0. The molecule has 1 aromatic rings. The van der Waals surface area contributed by atoms with Gasteiger partial charge in [-0.25, -0.2) is 9.78 Å². The molecular weight excluding hydrogens is 208 g/mol. The molecule has 0 aromatic carbocycles. The number of carbonyl (C=O) groups excluding carboxylic acids is 1. The highest BCUT2D eigenvalue weighted by Crippen LogP contribution is 2.12. The lowest BCUT2D eigenvalue weighted by Crippen LogP contribution is -2.02. The predicted molar refractivity (Wildman–Crippen MR) is 56.4 cm³/mol. The van der Waals surface area contributed by atoms with Crippen LogP contribution in [0.15, 0.2) is 23.9 Å². The Morgan fingerprint density at radius 2 is 2.31 bits per heavy atom. The zero-order chi connectivity index (χ0) is 12.0. The first-order valence-corrected chi connectivity index (χ1v) is 4.41. The van der Waals surface area contributed by atoms with Crippen LogP contribution in [0.5, 0.6) is 5.88 Å². The average molecular weight is 218 g/mol. The highest BCUT2D eigenvalue weighted by Gasteiger charge is 2.08. The molecule has 0 spiro atoms. The highest BCUT2D eigenvalue weighted by atomic mass is 16.5. The van der Waals surface area contributed by atoms with E-state index in [2.05, 4.69) is 9.72 Å². The molecule has 0 unspecified atom stereocenters. The van der Waals surface area contributed by atoms with Gasteiger partial charge in [0.05, 0.1) is 14.2 Å². The lowest BCUT2D eigenvalue weighted by atomic mass is 10.2. The fourth-order valence-corrected chi connectivity index (χ4v) is 1.04. The summed E-state index contributed by atoms with van der Waals surface area (Å²) >= 11 is 0. The summed E-state index contributed by atoms with van der Waals surface area (Å²) in [6.45, 7) is 0. The minimum Gasteiger partial charge on any atom is -0.481 e. The van der Waals surface area contributed by atoms with Crippen molar-refractivity contribution < 1.29 is 14.3 Å². The summed E-state index contributed by atoms with van der Waals surface area (Å²) in [5.74, 6) is -0.255. The van der Waals surface area contributed by atoms with Gasteiger partial charge in [0.25, 0.3) is 0 Å². The van der Waals surface area contributed by atoms with Gasteiger partial charge in [-0.3, -0.25) is 0 Å². The molecule has 0 amide bonds. The molecular formula is C11H10N2O3. The van der Waals surface area contributed by atoms with E-state index in [9.17, 15) is 4.79 Å². The summed E-state index contributed by atoms with van der Waals surface area (Å²) in [6.07, 6.45) is 2.94. The van der Waals surface area contributed by atoms with Crippen molar-refractivity contribution in [2.45, 2.75) is 0 Å². The summed E-state index contributed by atoms with van der Waals surface area (Å²) in [7, 11) is 2.71. The van der Waals surface area contributed by atoms with Crippen molar-refractivity contribution in [2.75, 3.05) is 14.2 Å². The molecule has 0 aliphatic carbocycles. The van der Waals surface area contributed by atoms with Gasteiger partial charge < -0.3 is 9.47 Å². The third-order valence-corrected chi connectivity index (χ3v) is 1.80. The largest absolute Gasteiger partial charge is 0.481 e. The van der Waals surface area contributed by atoms with Crippen molar-refractivity contribution >= 4 is 12.0 Å². The van der Waals surface area contributed by atoms with E-state index in [0.29, 0.717) is 11.4 Å². The quantitative estimate of drug-likeness (QED) is 0.432. The van der Waals surface area contributed by atoms with Gasteiger partial charge in [0.15, 0.2) is 0 Å². The van der Waals surface area contributed by atoms with E-state index in [0.717, 1.165) is 0 Å². The number of hydrogen-bond donors (Lipinski definition) is 0. The Bertz CT molecular complexity index is 461. The first-order valence-electron chi connectivity index (χ1n) is 4.41. The molecule has 0 atom stereocenters. The molecule has 0 N–H and O–H groups in total. The molecule has 0 radical (unpaired) electrons. The van der Waals surface area contributed by atoms with Gasteiger partial charge in [-0.05, 0) is 17.7 Å². The number of methoxy groups -OCH3 is 2. The molecule has 0 saturated carbocycles. The Morgan fingerprint density at radius 1 is 1.56 bits per heavy atom. The minimum absolute atomic E-state index is 0.0734. The first-order chi connectivity index (χ1) is 7.71. The number of hydrogen-bond acceptors (Lipinski definition) is 5. The zero-order valence-corrected chi connectivity index (χ0v) is 8.93. The van der Waals surface area contributed by atoms with Gasteiger partial charge >= 0.3 is 5.97 Å². The molecule has 0 fully saturated rings. The second kappa shape index (κ2) is 5.51. The molecule has 1 aromatic heterocycles. The Hall–Kier alpha value is -2.35. The third kappa shape index (κ3) is 2.82. The topological polar surface area (TPSA) is 72.2 Å². The van der Waals surface area contributed by atoms with Crippen molar-refractivity contribution in [3.8, 4) is 11.9 Å². The SMILES string of the molecule is COC(=O)/C(C#N)=C\c1ccnc(OC)c1. The van der Waals surface area contributed by atoms with Crippen molar-refractivity contribution in [2.24, 2.45) is 0 Å². The van der Waals surface area contributed by atoms with Crippen molar-refractivity contribution in [1.82, 2.24) is 4.98 Å². The van der Waals surface area contributed by atoms with Crippen LogP contribution >= 0.6 is 0 Å². The maximum Gasteiger partial charge on any atom is 0.348 e. The molecule has 0 aliphatic rings. The van der Waals surface area contributed by atoms with Crippen LogP contribution in [0.2, 0.25) is 0 Å². The number of ether oxygens (including phenoxy) is 2. The molecule has 5 nitrogen and oxygen atoms in total. The fourth-order valence-electron chi connectivity index (χ4n) is 1.04. The van der Waals surface area contributed by atoms with Gasteiger partial charge in [-0.1, -0.05) is 0 Å². The average Bonchev–Trinajstić information content (AvgIpc) is 2.35. The maximum absolute atomic E-state index is 11.1. The van der Waals surface area contributed by atoms with Crippen molar-refractivity contribution in [1.29, 1.82) is 5.26 Å². The smallest absolute Gasteiger partial charge is 0.348 e. The molecule has 16 heavy (non-hydrogen) atoms. The van der Waals surface area contributed by atoms with Crippen LogP contribution in [0.25, 0.3) is 6.08 Å². The number of nitrogens with zero attached hydrogens (tertiary/aromatic N) is 2. The molecule has 1 rings (SSSR count). The summed E-state index contributed by atoms with van der Waals surface area (Å²) < 4.78 is 9.37. The Labute approximate surface area is 92.9 Å². The highest BCUT2D eigenvalue weighted by molar-refractivity contribution is 5.97. The Kier molecular flexibility index (Phi) is 4.04. The number of aromatic nitrogens is 1. The summed E-state index contributed by atoms with van der Waals surface area (Å²) in [5.41, 5.74) is 0.574. The molecule has 0 aliphatic heterocycles. The molecule has 0 saturated heterocycles. The minimum atomic E-state index is -0.668. The monoisotopic (exact) mass is 218 g/mol. The number of carbonyl (C=O) groups is 1. The predicted octanol–water partition coefficient (Wildman–Crippen LogP) is 1.17. The summed E-state index contributed by atoms with van der Waals surface area (Å²) in [5, 5.41) is 8.75. The van der Waals surface area contributed by atoms with Gasteiger partial charge in [-0.2, -0.15) is 5.26 Å². The van der Waals surface area contributed by atoms with Crippen LogP contribution in [-0.2, 0) is 9.53 Å². The van der Waals surface area contributed by atoms with E-state index in [1.54, 1.807) is 18.2 Å². The molecule has 5 heteroatoms. The Balaban J connectivity index is 3.05. The summed E-state index contributed by atoms with van der Waals surface area (Å²) in [6, 6.07) is 5.03. The van der Waals surface area contributed by atoms with Gasteiger partial charge in [-0.15, -0.1) is 0 Å². The standard InChI is InChI=1S/C11H10N2O3/c1-15-10-6-8(3-4-13-10)5-9(7-12)11(14)16-2/h3-6H,1-2H3/b9-5-. The van der Waals surface area contributed by atoms with Crippen LogP contribution in [0, 0.1) is 11.3 Å². The third-order valence-electron chi connectivity index (χ3n) is 1.80. The van der Waals surface area contributed by atoms with Crippen LogP contribution in [0.3, 0.4) is 0 Å².